The van der Waals surface area contributed by atoms with E-state index < -0.39 is 30.2 Å². The molecule has 0 radical (unpaired) electrons. The summed E-state index contributed by atoms with van der Waals surface area (Å²) in [7, 11) is -4.43. The molecule has 0 heterocycles. The quantitative estimate of drug-likeness (QED) is 0.353. The Morgan fingerprint density at radius 1 is 1.32 bits per heavy atom. The smallest absolute Gasteiger partial charge is 0.358 e. The fourth-order valence-electron chi connectivity index (χ4n) is 1.14. The van der Waals surface area contributed by atoms with Crippen molar-refractivity contribution in [3.63, 3.8) is 0 Å². The highest BCUT2D eigenvalue weighted by Crippen LogP contribution is 2.25. The maximum atomic E-state index is 12.4. The molecule has 0 saturated carbocycles. The van der Waals surface area contributed by atoms with E-state index in [-0.39, 0.29) is 12.1 Å². The van der Waals surface area contributed by atoms with E-state index >= 15 is 0 Å². The van der Waals surface area contributed by atoms with Gasteiger partial charge in [-0.15, -0.1) is 0 Å². The second-order valence-corrected chi connectivity index (χ2v) is 6.63. The van der Waals surface area contributed by atoms with E-state index in [1.54, 1.807) is 0 Å². The Hall–Kier alpha value is -1.55. The van der Waals surface area contributed by atoms with Gasteiger partial charge in [0.15, 0.2) is 0 Å². The minimum Gasteiger partial charge on any atom is -0.358 e. The molecule has 0 atom stereocenters. The molecule has 1 rings (SSSR count). The Bertz CT molecular complexity index is 742. The van der Waals surface area contributed by atoms with Crippen LogP contribution in [0.2, 0.25) is 0 Å². The first kappa shape index (κ1) is 15.5. The number of hydrogen-bond donors (Lipinski definition) is 0. The second kappa shape index (κ2) is 5.61. The van der Waals surface area contributed by atoms with Crippen molar-refractivity contribution >= 4 is 30.2 Å². The highest BCUT2D eigenvalue weighted by Gasteiger charge is 2.16. The number of hydrogen-bond acceptors (Lipinski definition) is 6. The average molecular weight is 330 g/mol. The zero-order chi connectivity index (χ0) is 14.7. The Balaban J connectivity index is 3.35. The number of nitrogens with zero attached hydrogens (tertiary/aromatic N) is 3. The second-order valence-electron chi connectivity index (χ2n) is 3.12. The van der Waals surface area contributed by atoms with E-state index in [4.69, 9.17) is 16.2 Å². The molecule has 0 amide bonds. The standard InChI is InChI=1S/C7H5ClFN3O5S2/c8-18(13,14)7-2-5(4-11-12-10)1-6(3-7)17-19(9,15)16/h1-3H,4H2. The zero-order valence-electron chi connectivity index (χ0n) is 8.89. The first-order valence-electron chi connectivity index (χ1n) is 4.35. The summed E-state index contributed by atoms with van der Waals surface area (Å²) >= 11 is 0. The zero-order valence-corrected chi connectivity index (χ0v) is 11.3. The molecule has 1 aromatic carbocycles. The molecule has 12 heteroatoms. The lowest BCUT2D eigenvalue weighted by Gasteiger charge is -2.05. The van der Waals surface area contributed by atoms with E-state index in [0.29, 0.717) is 0 Å². The monoisotopic (exact) mass is 329 g/mol. The van der Waals surface area contributed by atoms with Gasteiger partial charge in [0.1, 0.15) is 5.75 Å². The maximum absolute atomic E-state index is 12.4. The first-order chi connectivity index (χ1) is 8.62. The molecule has 0 N–H and O–H groups in total. The molecule has 0 saturated heterocycles. The van der Waals surface area contributed by atoms with Crippen molar-refractivity contribution in [3.05, 3.63) is 34.2 Å². The van der Waals surface area contributed by atoms with Crippen molar-refractivity contribution in [3.8, 4) is 5.75 Å². The third-order valence-electron chi connectivity index (χ3n) is 1.73. The third kappa shape index (κ3) is 5.30. The molecule has 104 valence electrons. The normalized spacial score (nSPS) is 11.7. The van der Waals surface area contributed by atoms with E-state index in [9.17, 15) is 20.7 Å². The van der Waals surface area contributed by atoms with Crippen LogP contribution >= 0.6 is 10.7 Å². The summed E-state index contributed by atoms with van der Waals surface area (Å²) in [5.74, 6) is -0.604. The summed E-state index contributed by atoms with van der Waals surface area (Å²) in [6.45, 7) is -0.292. The van der Waals surface area contributed by atoms with Gasteiger partial charge in [-0.05, 0) is 23.2 Å². The van der Waals surface area contributed by atoms with Gasteiger partial charge in [-0.2, -0.15) is 8.42 Å². The van der Waals surface area contributed by atoms with Crippen LogP contribution < -0.4 is 4.18 Å². The summed E-state index contributed by atoms with van der Waals surface area (Å²) in [5, 5.41) is 3.15. The molecular weight excluding hydrogens is 325 g/mol. The van der Waals surface area contributed by atoms with Gasteiger partial charge in [-0.25, -0.2) is 8.42 Å². The van der Waals surface area contributed by atoms with Gasteiger partial charge in [-0.3, -0.25) is 0 Å². The van der Waals surface area contributed by atoms with Gasteiger partial charge < -0.3 is 4.18 Å². The van der Waals surface area contributed by atoms with Crippen molar-refractivity contribution in [2.24, 2.45) is 5.11 Å². The average Bonchev–Trinajstić information content (AvgIpc) is 2.22. The number of rotatable bonds is 5. The van der Waals surface area contributed by atoms with Crippen molar-refractivity contribution in [2.75, 3.05) is 0 Å². The van der Waals surface area contributed by atoms with E-state index in [2.05, 4.69) is 14.2 Å². The van der Waals surface area contributed by atoms with Crippen LogP contribution in [0.25, 0.3) is 10.4 Å². The first-order valence-corrected chi connectivity index (χ1v) is 7.97. The summed E-state index contributed by atoms with van der Waals surface area (Å²) in [6.07, 6.45) is 0. The van der Waals surface area contributed by atoms with Gasteiger partial charge in [0, 0.05) is 21.7 Å². The highest BCUT2D eigenvalue weighted by molar-refractivity contribution is 8.13. The number of benzene rings is 1. The van der Waals surface area contributed by atoms with Crippen molar-refractivity contribution in [1.82, 2.24) is 0 Å². The molecule has 0 fully saturated rings. The minimum absolute atomic E-state index is 0.0816. The summed E-state index contributed by atoms with van der Waals surface area (Å²) in [5.41, 5.74) is 8.22. The van der Waals surface area contributed by atoms with E-state index in [1.165, 1.54) is 0 Å². The minimum atomic E-state index is -5.32. The van der Waals surface area contributed by atoms with Crippen LogP contribution in [0.1, 0.15) is 5.56 Å². The van der Waals surface area contributed by atoms with Crippen LogP contribution in [-0.2, 0) is 26.1 Å². The predicted molar refractivity (Wildman–Crippen MR) is 63.0 cm³/mol. The molecular formula is C7H5ClFN3O5S2. The SMILES string of the molecule is [N-]=[N+]=NCc1cc(OS(=O)(=O)F)cc(S(=O)(=O)Cl)c1. The van der Waals surface area contributed by atoms with Gasteiger partial charge in [0.2, 0.25) is 0 Å². The molecule has 0 aromatic heterocycles. The Morgan fingerprint density at radius 2 is 1.95 bits per heavy atom. The Labute approximate surface area is 112 Å². The lowest BCUT2D eigenvalue weighted by molar-refractivity contribution is 0.439. The Kier molecular flexibility index (Phi) is 4.58. The molecule has 0 aliphatic rings. The van der Waals surface area contributed by atoms with Crippen LogP contribution in [0.3, 0.4) is 0 Å². The number of halogens is 2. The molecule has 0 aliphatic carbocycles. The summed E-state index contributed by atoms with van der Waals surface area (Å²) < 4.78 is 59.2. The molecule has 0 spiro atoms. The molecule has 0 unspecified atom stereocenters. The lowest BCUT2D eigenvalue weighted by Crippen LogP contribution is -2.03. The fraction of sp³-hybridized carbons (Fsp3) is 0.143. The highest BCUT2D eigenvalue weighted by atomic mass is 35.7. The van der Waals surface area contributed by atoms with E-state index in [1.807, 2.05) is 0 Å². The topological polar surface area (TPSA) is 126 Å². The van der Waals surface area contributed by atoms with Gasteiger partial charge >= 0.3 is 10.5 Å². The van der Waals surface area contributed by atoms with Gasteiger partial charge in [0.25, 0.3) is 9.05 Å². The van der Waals surface area contributed by atoms with Crippen molar-refractivity contribution in [1.29, 1.82) is 0 Å². The Morgan fingerprint density at radius 3 is 2.42 bits per heavy atom. The molecule has 0 aliphatic heterocycles. The largest absolute Gasteiger partial charge is 0.488 e. The third-order valence-corrected chi connectivity index (χ3v) is 3.46. The maximum Gasteiger partial charge on any atom is 0.488 e. The summed E-state index contributed by atoms with van der Waals surface area (Å²) in [6, 6.07) is 2.76. The summed E-state index contributed by atoms with van der Waals surface area (Å²) in [4.78, 5) is 1.92. The van der Waals surface area contributed by atoms with Crippen molar-refractivity contribution < 1.29 is 24.9 Å². The molecule has 0 bridgehead atoms. The van der Waals surface area contributed by atoms with Crippen LogP contribution in [0.15, 0.2) is 28.2 Å². The van der Waals surface area contributed by atoms with Crippen molar-refractivity contribution in [2.45, 2.75) is 11.4 Å². The number of azide groups is 1. The molecule has 1 aromatic rings. The van der Waals surface area contributed by atoms with Gasteiger partial charge in [-0.1, -0.05) is 9.00 Å². The van der Waals surface area contributed by atoms with Crippen LogP contribution in [0, 0.1) is 0 Å². The predicted octanol–water partition coefficient (Wildman–Crippen LogP) is 2.02. The molecule has 19 heavy (non-hydrogen) atoms. The van der Waals surface area contributed by atoms with E-state index in [0.717, 1.165) is 18.2 Å². The molecule has 8 nitrogen and oxygen atoms in total. The van der Waals surface area contributed by atoms with Crippen LogP contribution in [0.4, 0.5) is 3.89 Å². The van der Waals surface area contributed by atoms with Crippen LogP contribution in [-0.4, -0.2) is 16.8 Å². The van der Waals surface area contributed by atoms with Gasteiger partial charge in [0.05, 0.1) is 11.4 Å². The fourth-order valence-corrected chi connectivity index (χ4v) is 2.28. The van der Waals surface area contributed by atoms with Crippen LogP contribution in [0.5, 0.6) is 5.75 Å². The lowest BCUT2D eigenvalue weighted by atomic mass is 10.2.